The normalized spacial score (nSPS) is 25.1. The molecule has 2 aliphatic heterocycles. The quantitative estimate of drug-likeness (QED) is 0.797. The van der Waals surface area contributed by atoms with Crippen molar-refractivity contribution in [1.82, 2.24) is 19.7 Å². The molecule has 4 heterocycles. The number of anilines is 1. The fourth-order valence-corrected chi connectivity index (χ4v) is 3.87. The molecule has 24 heavy (non-hydrogen) atoms. The van der Waals surface area contributed by atoms with E-state index in [1.807, 2.05) is 16.9 Å². The van der Waals surface area contributed by atoms with Crippen molar-refractivity contribution in [2.24, 2.45) is 0 Å². The molecule has 0 aromatic carbocycles. The molecule has 2 aliphatic rings. The lowest BCUT2D eigenvalue weighted by Gasteiger charge is -2.23. The molecule has 0 radical (unpaired) electrons. The first-order chi connectivity index (χ1) is 11.6. The number of ether oxygens (including phenoxy) is 1. The lowest BCUT2D eigenvalue weighted by molar-refractivity contribution is -0.0365. The summed E-state index contributed by atoms with van der Waals surface area (Å²) in [6, 6.07) is 2.47. The largest absolute Gasteiger partial charge is 0.356 e. The minimum atomic E-state index is 0.000662. The van der Waals surface area contributed by atoms with Crippen LogP contribution in [0, 0.1) is 0 Å². The van der Waals surface area contributed by atoms with E-state index in [9.17, 15) is 0 Å². The van der Waals surface area contributed by atoms with Gasteiger partial charge in [0.25, 0.3) is 0 Å². The van der Waals surface area contributed by atoms with Crippen molar-refractivity contribution in [2.75, 3.05) is 38.7 Å². The first kappa shape index (κ1) is 16.1. The Labute approximate surface area is 147 Å². The molecule has 2 atom stereocenters. The predicted octanol–water partition coefficient (Wildman–Crippen LogP) is 2.92. The van der Waals surface area contributed by atoms with Crippen molar-refractivity contribution < 1.29 is 4.74 Å². The molecule has 2 aromatic heterocycles. The molecule has 130 valence electrons. The Hall–Kier alpha value is -1.37. The summed E-state index contributed by atoms with van der Waals surface area (Å²) in [5.41, 5.74) is 1.02. The van der Waals surface area contributed by atoms with Crippen molar-refractivity contribution >= 4 is 28.3 Å². The maximum atomic E-state index is 6.15. The molecule has 0 bridgehead atoms. The lowest BCUT2D eigenvalue weighted by Crippen LogP contribution is -2.31. The number of fused-ring (bicyclic) bond motifs is 1. The number of rotatable bonds is 3. The second kappa shape index (κ2) is 6.50. The topological polar surface area (TPSA) is 46.4 Å². The zero-order valence-electron chi connectivity index (χ0n) is 14.3. The maximum Gasteiger partial charge on any atom is 0.160 e. The monoisotopic (exact) mass is 349 g/mol. The van der Waals surface area contributed by atoms with Gasteiger partial charge in [0.15, 0.2) is 12.0 Å². The Morgan fingerprint density at radius 3 is 2.88 bits per heavy atom. The van der Waals surface area contributed by atoms with E-state index in [-0.39, 0.29) is 6.23 Å². The lowest BCUT2D eigenvalue weighted by atomic mass is 10.2. The third kappa shape index (κ3) is 2.87. The van der Waals surface area contributed by atoms with Crippen LogP contribution in [0.5, 0.6) is 0 Å². The summed E-state index contributed by atoms with van der Waals surface area (Å²) in [7, 11) is 4.28. The number of pyridine rings is 1. The molecule has 0 saturated carbocycles. The van der Waals surface area contributed by atoms with Crippen LogP contribution in [0.1, 0.15) is 31.9 Å². The summed E-state index contributed by atoms with van der Waals surface area (Å²) in [6.07, 6.45) is 6.30. The second-order valence-corrected chi connectivity index (χ2v) is 7.35. The van der Waals surface area contributed by atoms with Gasteiger partial charge in [-0.3, -0.25) is 0 Å². The molecule has 0 aliphatic carbocycles. The van der Waals surface area contributed by atoms with Crippen LogP contribution in [-0.2, 0) is 4.74 Å². The molecule has 2 saturated heterocycles. The third-order valence-electron chi connectivity index (χ3n) is 5.16. The minimum absolute atomic E-state index is 0.000662. The molecule has 0 amide bonds. The Bertz CT molecular complexity index is 725. The van der Waals surface area contributed by atoms with Gasteiger partial charge in [-0.25, -0.2) is 9.67 Å². The van der Waals surface area contributed by atoms with Crippen LogP contribution in [-0.4, -0.2) is 59.5 Å². The van der Waals surface area contributed by atoms with Gasteiger partial charge in [-0.1, -0.05) is 11.6 Å². The molecule has 6 nitrogen and oxygen atoms in total. The van der Waals surface area contributed by atoms with E-state index in [1.165, 1.54) is 6.42 Å². The fraction of sp³-hybridized carbons (Fsp3) is 0.647. The first-order valence-corrected chi connectivity index (χ1v) is 9.08. The Kier molecular flexibility index (Phi) is 4.37. The first-order valence-electron chi connectivity index (χ1n) is 8.70. The smallest absolute Gasteiger partial charge is 0.160 e. The number of aromatic nitrogens is 3. The van der Waals surface area contributed by atoms with Crippen LogP contribution in [0.2, 0.25) is 5.15 Å². The zero-order chi connectivity index (χ0) is 16.7. The van der Waals surface area contributed by atoms with Crippen molar-refractivity contribution in [1.29, 1.82) is 0 Å². The van der Waals surface area contributed by atoms with Crippen LogP contribution in [0.25, 0.3) is 10.9 Å². The number of hydrogen-bond donors (Lipinski definition) is 0. The highest BCUT2D eigenvalue weighted by Gasteiger charge is 2.29. The third-order valence-corrected chi connectivity index (χ3v) is 5.37. The highest BCUT2D eigenvalue weighted by molar-refractivity contribution is 6.30. The van der Waals surface area contributed by atoms with Gasteiger partial charge >= 0.3 is 0 Å². The number of likely N-dealkylation sites (N-methyl/N-ethyl adjacent to an activating group) is 1. The molecule has 7 heteroatoms. The van der Waals surface area contributed by atoms with E-state index in [4.69, 9.17) is 21.4 Å². The molecule has 2 aromatic rings. The summed E-state index contributed by atoms with van der Waals surface area (Å²) in [5, 5.41) is 6.49. The van der Waals surface area contributed by atoms with Gasteiger partial charge in [-0.05, 0) is 39.8 Å². The average Bonchev–Trinajstić information content (AvgIpc) is 3.20. The van der Waals surface area contributed by atoms with Crippen LogP contribution in [0.4, 0.5) is 5.82 Å². The number of nitrogens with zero attached hydrogens (tertiary/aromatic N) is 5. The molecule has 4 rings (SSSR count). The van der Waals surface area contributed by atoms with Crippen LogP contribution >= 0.6 is 11.6 Å². The SMILES string of the molecule is CN(C)[C@H]1CCN(c2nn(C3CCCCO3)c3cc(Cl)ncc23)C1. The Morgan fingerprint density at radius 1 is 1.29 bits per heavy atom. The zero-order valence-corrected chi connectivity index (χ0v) is 15.0. The van der Waals surface area contributed by atoms with Gasteiger partial charge in [0.05, 0.1) is 10.9 Å². The van der Waals surface area contributed by atoms with Gasteiger partial charge in [0, 0.05) is 38.0 Å². The van der Waals surface area contributed by atoms with Gasteiger partial charge in [0.2, 0.25) is 0 Å². The highest BCUT2D eigenvalue weighted by atomic mass is 35.5. The van der Waals surface area contributed by atoms with E-state index in [1.54, 1.807) is 0 Å². The van der Waals surface area contributed by atoms with E-state index in [0.29, 0.717) is 11.2 Å². The van der Waals surface area contributed by atoms with Crippen molar-refractivity contribution in [3.63, 3.8) is 0 Å². The number of halogens is 1. The maximum absolute atomic E-state index is 6.15. The van der Waals surface area contributed by atoms with E-state index >= 15 is 0 Å². The molecule has 1 unspecified atom stereocenters. The number of hydrogen-bond acceptors (Lipinski definition) is 5. The Morgan fingerprint density at radius 2 is 2.17 bits per heavy atom. The standard InChI is InChI=1S/C17H24ClN5O/c1-21(2)12-6-7-22(11-12)17-13-10-19-15(18)9-14(13)23(20-17)16-5-3-4-8-24-16/h9-10,12,16H,3-8,11H2,1-2H3/t12-,16?/m0/s1. The average molecular weight is 350 g/mol. The Balaban J connectivity index is 1.73. The predicted molar refractivity (Wildman–Crippen MR) is 95.7 cm³/mol. The van der Waals surface area contributed by atoms with E-state index in [2.05, 4.69) is 28.9 Å². The minimum Gasteiger partial charge on any atom is -0.356 e. The molecule has 2 fully saturated rings. The van der Waals surface area contributed by atoms with Crippen LogP contribution in [0.3, 0.4) is 0 Å². The molecule has 0 N–H and O–H groups in total. The van der Waals surface area contributed by atoms with Gasteiger partial charge < -0.3 is 14.5 Å². The molecular weight excluding hydrogens is 326 g/mol. The van der Waals surface area contributed by atoms with Crippen molar-refractivity contribution in [3.05, 3.63) is 17.4 Å². The van der Waals surface area contributed by atoms with Gasteiger partial charge in [-0.15, -0.1) is 0 Å². The van der Waals surface area contributed by atoms with Crippen molar-refractivity contribution in [3.8, 4) is 0 Å². The molecular formula is C17H24ClN5O. The summed E-state index contributed by atoms with van der Waals surface area (Å²) in [6.45, 7) is 2.81. The molecule has 0 spiro atoms. The van der Waals surface area contributed by atoms with Gasteiger partial charge in [0.1, 0.15) is 5.15 Å². The second-order valence-electron chi connectivity index (χ2n) is 6.97. The van der Waals surface area contributed by atoms with E-state index < -0.39 is 0 Å². The highest BCUT2D eigenvalue weighted by Crippen LogP contribution is 2.34. The van der Waals surface area contributed by atoms with Crippen LogP contribution < -0.4 is 4.90 Å². The van der Waals surface area contributed by atoms with Gasteiger partial charge in [-0.2, -0.15) is 5.10 Å². The van der Waals surface area contributed by atoms with Crippen LogP contribution in [0.15, 0.2) is 12.3 Å². The summed E-state index contributed by atoms with van der Waals surface area (Å²) in [4.78, 5) is 8.94. The summed E-state index contributed by atoms with van der Waals surface area (Å²) in [5.74, 6) is 1.01. The summed E-state index contributed by atoms with van der Waals surface area (Å²) < 4.78 is 7.97. The van der Waals surface area contributed by atoms with E-state index in [0.717, 1.165) is 55.7 Å². The summed E-state index contributed by atoms with van der Waals surface area (Å²) >= 11 is 6.15. The van der Waals surface area contributed by atoms with Crippen molar-refractivity contribution in [2.45, 2.75) is 38.0 Å². The fourth-order valence-electron chi connectivity index (χ4n) is 3.72.